The van der Waals surface area contributed by atoms with Gasteiger partial charge in [0.25, 0.3) is 0 Å². The smallest absolute Gasteiger partial charge is 0.407 e. The minimum absolute atomic E-state index is 0.125. The Morgan fingerprint density at radius 1 is 1.12 bits per heavy atom. The summed E-state index contributed by atoms with van der Waals surface area (Å²) >= 11 is 0. The zero-order valence-electron chi connectivity index (χ0n) is 13.3. The molecule has 0 aliphatic heterocycles. The molecule has 0 heterocycles. The summed E-state index contributed by atoms with van der Waals surface area (Å²) in [6.45, 7) is 3.70. The zero-order valence-corrected chi connectivity index (χ0v) is 13.3. The van der Waals surface area contributed by atoms with E-state index >= 15 is 0 Å². The molecule has 2 atom stereocenters. The molecule has 0 aliphatic rings. The number of aliphatic hydroxyl groups excluding tert-OH is 2. The molecule has 0 radical (unpaired) electrons. The highest BCUT2D eigenvalue weighted by Gasteiger charge is 2.21. The maximum absolute atomic E-state index is 11.7. The van der Waals surface area contributed by atoms with E-state index in [9.17, 15) is 15.0 Å². The maximum Gasteiger partial charge on any atom is 0.407 e. The number of ether oxygens (including phenoxy) is 1. The van der Waals surface area contributed by atoms with E-state index in [1.54, 1.807) is 24.3 Å². The van der Waals surface area contributed by atoms with Gasteiger partial charge in [0.15, 0.2) is 0 Å². The Morgan fingerprint density at radius 3 is 2.50 bits per heavy atom. The van der Waals surface area contributed by atoms with Crippen LogP contribution in [0, 0.1) is 0 Å². The van der Waals surface area contributed by atoms with Crippen molar-refractivity contribution in [3.63, 3.8) is 0 Å². The molecule has 0 fully saturated rings. The molecule has 0 saturated heterocycles. The van der Waals surface area contributed by atoms with Crippen LogP contribution in [0.1, 0.15) is 22.8 Å². The summed E-state index contributed by atoms with van der Waals surface area (Å²) in [5.74, 6) is 0. The number of carbonyl (C=O) groups is 1. The molecular weight excluding hydrogens is 306 g/mol. The van der Waals surface area contributed by atoms with E-state index in [1.165, 1.54) is 0 Å². The molecule has 24 heavy (non-hydrogen) atoms. The molecule has 5 heteroatoms. The monoisotopic (exact) mass is 327 g/mol. The summed E-state index contributed by atoms with van der Waals surface area (Å²) in [6, 6.07) is 16.4. The lowest BCUT2D eigenvalue weighted by Gasteiger charge is -2.20. The summed E-state index contributed by atoms with van der Waals surface area (Å²) in [6.07, 6.45) is -1.33. The van der Waals surface area contributed by atoms with Crippen LogP contribution in [0.3, 0.4) is 0 Å². The molecule has 0 bridgehead atoms. The lowest BCUT2D eigenvalue weighted by molar-refractivity contribution is 0.0183. The van der Waals surface area contributed by atoms with Crippen molar-refractivity contribution in [3.8, 4) is 0 Å². The molecule has 1 amide bonds. The summed E-state index contributed by atoms with van der Waals surface area (Å²) < 4.78 is 5.05. The van der Waals surface area contributed by atoms with E-state index in [0.717, 1.165) is 11.1 Å². The molecule has 0 spiro atoms. The molecule has 2 aromatic carbocycles. The van der Waals surface area contributed by atoms with Crippen LogP contribution in [0.5, 0.6) is 0 Å². The standard InChI is InChI=1S/C19H21NO4/c1-2-15-10-6-7-11-16(15)18(22)17(21)12-20-19(23)24-13-14-8-4-3-5-9-14/h2-11,17-18,21-22H,1,12-13H2,(H,20,23). The van der Waals surface area contributed by atoms with E-state index < -0.39 is 18.3 Å². The number of alkyl carbamates (subject to hydrolysis) is 1. The molecule has 5 nitrogen and oxygen atoms in total. The van der Waals surface area contributed by atoms with Crippen molar-refractivity contribution in [2.45, 2.75) is 18.8 Å². The van der Waals surface area contributed by atoms with Crippen LogP contribution in [-0.4, -0.2) is 29.0 Å². The Kier molecular flexibility index (Phi) is 6.54. The Bertz CT molecular complexity index is 672. The van der Waals surface area contributed by atoms with Crippen LogP contribution >= 0.6 is 0 Å². The first-order valence-corrected chi connectivity index (χ1v) is 7.64. The predicted octanol–water partition coefficient (Wildman–Crippen LogP) is 2.65. The van der Waals surface area contributed by atoms with E-state index in [0.29, 0.717) is 5.56 Å². The Balaban J connectivity index is 1.82. The third kappa shape index (κ3) is 4.94. The highest BCUT2D eigenvalue weighted by atomic mass is 16.5. The second-order valence-corrected chi connectivity index (χ2v) is 5.29. The minimum atomic E-state index is -1.16. The lowest BCUT2D eigenvalue weighted by Crippen LogP contribution is -2.36. The number of amides is 1. The normalized spacial score (nSPS) is 12.9. The van der Waals surface area contributed by atoms with Crippen LogP contribution in [0.4, 0.5) is 4.79 Å². The maximum atomic E-state index is 11.7. The minimum Gasteiger partial charge on any atom is -0.445 e. The predicted molar refractivity (Wildman–Crippen MR) is 92.1 cm³/mol. The molecule has 2 rings (SSSR count). The van der Waals surface area contributed by atoms with Gasteiger partial charge in [0.1, 0.15) is 18.8 Å². The van der Waals surface area contributed by atoms with Gasteiger partial charge in [-0.3, -0.25) is 0 Å². The molecule has 2 aromatic rings. The topological polar surface area (TPSA) is 78.8 Å². The number of rotatable bonds is 7. The van der Waals surface area contributed by atoms with E-state index in [2.05, 4.69) is 11.9 Å². The number of nitrogens with one attached hydrogen (secondary N) is 1. The van der Waals surface area contributed by atoms with E-state index in [-0.39, 0.29) is 13.2 Å². The zero-order chi connectivity index (χ0) is 17.4. The molecular formula is C19H21NO4. The number of carbonyl (C=O) groups excluding carboxylic acids is 1. The molecule has 0 aliphatic carbocycles. The fraction of sp³-hybridized carbons (Fsp3) is 0.211. The van der Waals surface area contributed by atoms with Crippen molar-refractivity contribution >= 4 is 12.2 Å². The average molecular weight is 327 g/mol. The van der Waals surface area contributed by atoms with Crippen molar-refractivity contribution in [3.05, 3.63) is 77.9 Å². The Labute approximate surface area is 141 Å². The average Bonchev–Trinajstić information content (AvgIpc) is 2.64. The van der Waals surface area contributed by atoms with Gasteiger partial charge >= 0.3 is 6.09 Å². The second kappa shape index (κ2) is 8.86. The summed E-state index contributed by atoms with van der Waals surface area (Å²) in [7, 11) is 0. The van der Waals surface area contributed by atoms with Gasteiger partial charge in [-0.2, -0.15) is 0 Å². The highest BCUT2D eigenvalue weighted by molar-refractivity contribution is 5.67. The van der Waals surface area contributed by atoms with Gasteiger partial charge in [0.2, 0.25) is 0 Å². The lowest BCUT2D eigenvalue weighted by atomic mass is 9.98. The third-order valence-corrected chi connectivity index (χ3v) is 3.57. The van der Waals surface area contributed by atoms with Crippen LogP contribution in [0.2, 0.25) is 0 Å². The SMILES string of the molecule is C=Cc1ccccc1C(O)C(O)CNC(=O)OCc1ccccc1. The highest BCUT2D eigenvalue weighted by Crippen LogP contribution is 2.21. The first-order chi connectivity index (χ1) is 11.6. The van der Waals surface area contributed by atoms with Crippen molar-refractivity contribution in [2.75, 3.05) is 6.54 Å². The van der Waals surface area contributed by atoms with Crippen LogP contribution < -0.4 is 5.32 Å². The van der Waals surface area contributed by atoms with Crippen molar-refractivity contribution in [1.29, 1.82) is 0 Å². The van der Waals surface area contributed by atoms with Gasteiger partial charge in [-0.15, -0.1) is 0 Å². The quantitative estimate of drug-likeness (QED) is 0.730. The second-order valence-electron chi connectivity index (χ2n) is 5.29. The van der Waals surface area contributed by atoms with Gasteiger partial charge in [-0.1, -0.05) is 67.3 Å². The van der Waals surface area contributed by atoms with Gasteiger partial charge in [0.05, 0.1) is 0 Å². The third-order valence-electron chi connectivity index (χ3n) is 3.57. The van der Waals surface area contributed by atoms with Crippen molar-refractivity contribution in [2.24, 2.45) is 0 Å². The van der Waals surface area contributed by atoms with E-state index in [4.69, 9.17) is 4.74 Å². The summed E-state index contributed by atoms with van der Waals surface area (Å²) in [5.41, 5.74) is 2.16. The van der Waals surface area contributed by atoms with Gasteiger partial charge < -0.3 is 20.3 Å². The fourth-order valence-electron chi connectivity index (χ4n) is 2.25. The number of hydrogen-bond acceptors (Lipinski definition) is 4. The molecule has 2 unspecified atom stereocenters. The van der Waals surface area contributed by atoms with Gasteiger partial charge in [-0.05, 0) is 16.7 Å². The largest absolute Gasteiger partial charge is 0.445 e. The molecule has 126 valence electrons. The van der Waals surface area contributed by atoms with Gasteiger partial charge in [-0.25, -0.2) is 4.79 Å². The molecule has 0 saturated carbocycles. The fourth-order valence-corrected chi connectivity index (χ4v) is 2.25. The van der Waals surface area contributed by atoms with Crippen molar-refractivity contribution in [1.82, 2.24) is 5.32 Å². The van der Waals surface area contributed by atoms with E-state index in [1.807, 2.05) is 36.4 Å². The number of hydrogen-bond donors (Lipinski definition) is 3. The number of aliphatic hydroxyl groups is 2. The van der Waals surface area contributed by atoms with Gasteiger partial charge in [0, 0.05) is 6.54 Å². The Morgan fingerprint density at radius 2 is 1.79 bits per heavy atom. The molecule has 0 aromatic heterocycles. The number of benzene rings is 2. The molecule has 3 N–H and O–H groups in total. The van der Waals surface area contributed by atoms with Crippen molar-refractivity contribution < 1.29 is 19.7 Å². The summed E-state index contributed by atoms with van der Waals surface area (Å²) in [4.78, 5) is 11.7. The van der Waals surface area contributed by atoms with Crippen LogP contribution in [-0.2, 0) is 11.3 Å². The Hall–Kier alpha value is -2.63. The summed E-state index contributed by atoms with van der Waals surface area (Å²) in [5, 5.41) is 22.7. The first-order valence-electron chi connectivity index (χ1n) is 7.64. The first kappa shape index (κ1) is 17.7. The van der Waals surface area contributed by atoms with Crippen LogP contribution in [0.25, 0.3) is 6.08 Å². The van der Waals surface area contributed by atoms with Crippen LogP contribution in [0.15, 0.2) is 61.2 Å².